The maximum absolute atomic E-state index is 13.2. The Morgan fingerprint density at radius 3 is 1.98 bits per heavy atom. The molecule has 0 aromatic carbocycles. The quantitative estimate of drug-likeness (QED) is 0.0139. The molecule has 3 amide bonds. The predicted octanol–water partition coefficient (Wildman–Crippen LogP) is 0.907. The van der Waals surface area contributed by atoms with Crippen LogP contribution in [0.3, 0.4) is 0 Å². The number of nitrogens with zero attached hydrogens (tertiary/aromatic N) is 3. The molecule has 2 unspecified atom stereocenters. The smallest absolute Gasteiger partial charge is 0.336 e. The summed E-state index contributed by atoms with van der Waals surface area (Å²) in [7, 11) is -4.86. The summed E-state index contributed by atoms with van der Waals surface area (Å²) in [6.07, 6.45) is 11.4. The highest BCUT2D eigenvalue weighted by molar-refractivity contribution is 7.83. The summed E-state index contributed by atoms with van der Waals surface area (Å²) in [6, 6.07) is -1.83. The zero-order chi connectivity index (χ0) is 34.6. The molecule has 17 heteroatoms. The molecule has 268 valence electrons. The van der Waals surface area contributed by atoms with Crippen molar-refractivity contribution in [1.29, 1.82) is 0 Å². The van der Waals surface area contributed by atoms with Gasteiger partial charge < -0.3 is 26.8 Å². The average molecular weight is 677 g/mol. The normalized spacial score (nSPS) is 13.3. The number of rotatable bonds is 29. The zero-order valence-corrected chi connectivity index (χ0v) is 28.8. The molecule has 0 bridgehead atoms. The molecule has 10 N–H and O–H groups in total. The number of nitrogens with one attached hydrogen (secondary N) is 5. The highest BCUT2D eigenvalue weighted by Gasteiger charge is 2.33. The van der Waals surface area contributed by atoms with Gasteiger partial charge in [0.05, 0.1) is 19.2 Å². The largest absolute Gasteiger partial charge is 0.356 e. The lowest BCUT2D eigenvalue weighted by Crippen LogP contribution is -2.52. The lowest BCUT2D eigenvalue weighted by molar-refractivity contribution is -0.129. The summed E-state index contributed by atoms with van der Waals surface area (Å²) >= 11 is 0. The van der Waals surface area contributed by atoms with Gasteiger partial charge in [-0.05, 0) is 50.9 Å². The Labute approximate surface area is 275 Å². The fourth-order valence-corrected chi connectivity index (χ4v) is 5.57. The van der Waals surface area contributed by atoms with Crippen LogP contribution in [0.4, 0.5) is 0 Å². The minimum atomic E-state index is -4.86. The third-order valence-corrected chi connectivity index (χ3v) is 8.07. The van der Waals surface area contributed by atoms with E-state index in [1.54, 1.807) is 0 Å². The van der Waals surface area contributed by atoms with E-state index in [1.807, 2.05) is 13.8 Å². The van der Waals surface area contributed by atoms with E-state index in [-0.39, 0.29) is 24.2 Å². The third kappa shape index (κ3) is 23.5. The van der Waals surface area contributed by atoms with Gasteiger partial charge >= 0.3 is 10.3 Å². The van der Waals surface area contributed by atoms with Gasteiger partial charge in [-0.2, -0.15) is 12.7 Å². The minimum Gasteiger partial charge on any atom is -0.356 e. The van der Waals surface area contributed by atoms with Crippen molar-refractivity contribution in [3.8, 4) is 0 Å². The Morgan fingerprint density at radius 2 is 1.39 bits per heavy atom. The van der Waals surface area contributed by atoms with Gasteiger partial charge in [-0.15, -0.1) is 0 Å². The lowest BCUT2D eigenvalue weighted by atomic mass is 10.0. The Morgan fingerprint density at radius 1 is 0.826 bits per heavy atom. The molecule has 0 fully saturated rings. The van der Waals surface area contributed by atoms with Gasteiger partial charge in [0.1, 0.15) is 6.04 Å². The molecule has 0 aliphatic heterocycles. The van der Waals surface area contributed by atoms with Crippen LogP contribution in [0.5, 0.6) is 0 Å². The van der Waals surface area contributed by atoms with Gasteiger partial charge in [0.15, 0.2) is 0 Å². The van der Waals surface area contributed by atoms with Crippen LogP contribution < -0.4 is 38.5 Å². The molecule has 0 aromatic heterocycles. The van der Waals surface area contributed by atoms with E-state index in [0.717, 1.165) is 44.9 Å². The van der Waals surface area contributed by atoms with Crippen LogP contribution in [0.15, 0.2) is 9.98 Å². The highest BCUT2D eigenvalue weighted by Crippen LogP contribution is 2.18. The summed E-state index contributed by atoms with van der Waals surface area (Å²) < 4.78 is 35.9. The van der Waals surface area contributed by atoms with Crippen LogP contribution in [0, 0.1) is 5.92 Å². The van der Waals surface area contributed by atoms with Crippen LogP contribution in [0.1, 0.15) is 104 Å². The van der Waals surface area contributed by atoms with Gasteiger partial charge in [0, 0.05) is 38.6 Å². The second kappa shape index (κ2) is 27.3. The Balaban J connectivity index is 5.41. The third-order valence-electron chi connectivity index (χ3n) is 7.05. The molecule has 46 heavy (non-hydrogen) atoms. The molecular weight excluding hydrogens is 616 g/mol. The zero-order valence-electron chi connectivity index (χ0n) is 28.0. The highest BCUT2D eigenvalue weighted by atomic mass is 32.2. The number of hydrogen-bond donors (Lipinski definition) is 8. The maximum atomic E-state index is 13.2. The van der Waals surface area contributed by atoms with Gasteiger partial charge in [0.25, 0.3) is 0 Å². The van der Waals surface area contributed by atoms with E-state index < -0.39 is 34.8 Å². The van der Waals surface area contributed by atoms with E-state index in [0.29, 0.717) is 62.6 Å². The summed E-state index contributed by atoms with van der Waals surface area (Å²) in [4.78, 5) is 47.0. The van der Waals surface area contributed by atoms with E-state index >= 15 is 0 Å². The van der Waals surface area contributed by atoms with Gasteiger partial charge in [-0.25, -0.2) is 11.7 Å². The Kier molecular flexibility index (Phi) is 25.6. The van der Waals surface area contributed by atoms with E-state index in [9.17, 15) is 27.4 Å². The summed E-state index contributed by atoms with van der Waals surface area (Å²) in [5, 5.41) is 8.26. The maximum Gasteiger partial charge on any atom is 0.336 e. The monoisotopic (exact) mass is 676 g/mol. The van der Waals surface area contributed by atoms with Crippen molar-refractivity contribution in [2.75, 3.05) is 32.7 Å². The second-order valence-electron chi connectivity index (χ2n) is 11.6. The average Bonchev–Trinajstić information content (AvgIpc) is 2.99. The molecule has 0 spiro atoms. The first kappa shape index (κ1) is 43.1. The first-order valence-electron chi connectivity index (χ1n) is 16.4. The first-order chi connectivity index (χ1) is 22.0. The number of carbonyl (C=O) groups is 3. The van der Waals surface area contributed by atoms with E-state index in [2.05, 4.69) is 43.7 Å². The number of unbranched alkanes of at least 4 members (excludes halogenated alkanes) is 7. The number of nitrogens with two attached hydrogens (primary N) is 2. The molecule has 0 radical (unpaired) electrons. The Hall–Kier alpha value is -2.86. The van der Waals surface area contributed by atoms with Crippen molar-refractivity contribution in [2.45, 2.75) is 116 Å². The van der Waals surface area contributed by atoms with Crippen molar-refractivity contribution >= 4 is 40.7 Å². The van der Waals surface area contributed by atoms with Crippen LogP contribution in [0.25, 0.3) is 0 Å². The van der Waals surface area contributed by atoms with Crippen molar-refractivity contribution in [1.82, 2.24) is 31.1 Å². The number of amides is 3. The molecule has 0 aliphatic rings. The number of carbonyl (C=O) groups excluding carboxylic acids is 3. The fourth-order valence-electron chi connectivity index (χ4n) is 4.73. The topological polar surface area (TPSA) is 246 Å². The van der Waals surface area contributed by atoms with Gasteiger partial charge in [-0.3, -0.25) is 28.9 Å². The van der Waals surface area contributed by atoms with Gasteiger partial charge in [-0.1, -0.05) is 52.9 Å². The molecule has 0 rings (SSSR count). The SMILES string of the molecule is CCCCCCCC(CC(=O)NCCCCCN=CNN)N(CC(=O)NC(CC(C)C)C(=O)NCCCCN=CNN)S(=O)(=O)O. The van der Waals surface area contributed by atoms with E-state index in [4.69, 9.17) is 11.7 Å². The molecule has 0 aliphatic carbocycles. The van der Waals surface area contributed by atoms with E-state index in [1.165, 1.54) is 12.7 Å². The Bertz CT molecular complexity index is 997. The van der Waals surface area contributed by atoms with Crippen LogP contribution in [-0.4, -0.2) is 92.5 Å². The number of hydrogen-bond acceptors (Lipinski definition) is 9. The first-order valence-corrected chi connectivity index (χ1v) is 17.8. The fraction of sp³-hybridized carbons (Fsp3) is 0.828. The summed E-state index contributed by atoms with van der Waals surface area (Å²) in [6.45, 7) is 7.09. The molecule has 0 heterocycles. The summed E-state index contributed by atoms with van der Waals surface area (Å²) in [5.41, 5.74) is 4.65. The van der Waals surface area contributed by atoms with Crippen LogP contribution >= 0.6 is 0 Å². The molecular formula is C29H60N10O6S. The second-order valence-corrected chi connectivity index (χ2v) is 13.0. The molecule has 2 atom stereocenters. The predicted molar refractivity (Wildman–Crippen MR) is 182 cm³/mol. The minimum absolute atomic E-state index is 0.0575. The molecule has 0 saturated carbocycles. The van der Waals surface area contributed by atoms with Crippen LogP contribution in [-0.2, 0) is 24.7 Å². The number of aliphatic imine (C=N–C) groups is 2. The van der Waals surface area contributed by atoms with Crippen LogP contribution in [0.2, 0.25) is 0 Å². The lowest BCUT2D eigenvalue weighted by Gasteiger charge is -2.29. The van der Waals surface area contributed by atoms with Crippen molar-refractivity contribution in [2.24, 2.45) is 27.6 Å². The number of hydrazine groups is 2. The van der Waals surface area contributed by atoms with Crippen molar-refractivity contribution < 1.29 is 27.4 Å². The van der Waals surface area contributed by atoms with Gasteiger partial charge in [0.2, 0.25) is 17.7 Å². The summed E-state index contributed by atoms with van der Waals surface area (Å²) in [5.74, 6) is 8.80. The molecule has 16 nitrogen and oxygen atoms in total. The van der Waals surface area contributed by atoms with Crippen molar-refractivity contribution in [3.63, 3.8) is 0 Å². The molecule has 0 aromatic rings. The molecule has 0 saturated heterocycles. The standard InChI is InChI=1S/C29H60N10O6S/c1-4-5-6-7-9-14-25(20-27(40)34-17-11-8-10-15-32-22-36-30)39(46(43,44)45)21-28(41)38-26(19-24(2)3)29(42)35-18-13-12-16-33-23-37-31/h22-26H,4-21,30-31H2,1-3H3,(H,32,36)(H,33,37)(H,34,40)(H,35,42)(H,38,41)(H,43,44,45). The van der Waals surface area contributed by atoms with Crippen molar-refractivity contribution in [3.05, 3.63) is 0 Å².